The number of thiophene rings is 1. The molecule has 0 radical (unpaired) electrons. The van der Waals surface area contributed by atoms with E-state index in [1.165, 1.54) is 10.5 Å². The number of nitrogens with zero attached hydrogens (tertiary/aromatic N) is 1. The fourth-order valence-corrected chi connectivity index (χ4v) is 9.74. The fourth-order valence-electron chi connectivity index (χ4n) is 9.04. The van der Waals surface area contributed by atoms with Crippen LogP contribution in [-0.2, 0) is 12.8 Å². The van der Waals surface area contributed by atoms with Crippen molar-refractivity contribution < 1.29 is 24.5 Å². The van der Waals surface area contributed by atoms with Gasteiger partial charge < -0.3 is 25.2 Å². The molecule has 8 heteroatoms. The zero-order chi connectivity index (χ0) is 40.0. The summed E-state index contributed by atoms with van der Waals surface area (Å²) in [4.78, 5) is 32.2. The maximum atomic E-state index is 15.0. The van der Waals surface area contributed by atoms with Crippen molar-refractivity contribution in [1.82, 2.24) is 4.90 Å². The first-order chi connectivity index (χ1) is 27.6. The number of carbonyl (C=O) groups is 2. The van der Waals surface area contributed by atoms with Crippen LogP contribution >= 0.6 is 11.3 Å². The van der Waals surface area contributed by atoms with Crippen LogP contribution in [0.5, 0.6) is 5.75 Å². The summed E-state index contributed by atoms with van der Waals surface area (Å²) in [7, 11) is 1.61. The highest BCUT2D eigenvalue weighted by atomic mass is 32.1. The Morgan fingerprint density at radius 2 is 1.68 bits per heavy atom. The van der Waals surface area contributed by atoms with Gasteiger partial charge in [-0.1, -0.05) is 91.4 Å². The average Bonchev–Trinajstić information content (AvgIpc) is 3.84. The number of carbonyl (C=O) groups excluding carboxylic acids is 2. The van der Waals surface area contributed by atoms with Crippen LogP contribution < -0.4 is 10.1 Å². The van der Waals surface area contributed by atoms with Gasteiger partial charge in [-0.2, -0.15) is 0 Å². The summed E-state index contributed by atoms with van der Waals surface area (Å²) in [6.45, 7) is 4.86. The maximum absolute atomic E-state index is 15.0. The molecule has 7 nitrogen and oxygen atoms in total. The lowest BCUT2D eigenvalue weighted by molar-refractivity contribution is -0.0762. The van der Waals surface area contributed by atoms with Crippen molar-refractivity contribution in [1.29, 1.82) is 0 Å². The summed E-state index contributed by atoms with van der Waals surface area (Å²) in [6, 6.07) is 35.0. The van der Waals surface area contributed by atoms with Gasteiger partial charge in [0.05, 0.1) is 25.4 Å². The molecule has 5 aromatic rings. The molecule has 1 aromatic heterocycles. The van der Waals surface area contributed by atoms with Crippen molar-refractivity contribution in [3.05, 3.63) is 153 Å². The van der Waals surface area contributed by atoms with Crippen LogP contribution in [0.2, 0.25) is 0 Å². The molecule has 1 fully saturated rings. The van der Waals surface area contributed by atoms with Crippen LogP contribution in [0.4, 0.5) is 10.5 Å². The van der Waals surface area contributed by atoms with E-state index in [1.807, 2.05) is 96.4 Å². The van der Waals surface area contributed by atoms with E-state index in [4.69, 9.17) is 4.74 Å². The van der Waals surface area contributed by atoms with Gasteiger partial charge >= 0.3 is 6.03 Å². The number of amides is 2. The third-order valence-corrected chi connectivity index (χ3v) is 13.4. The number of nitrogens with one attached hydrogen (secondary N) is 1. The van der Waals surface area contributed by atoms with Gasteiger partial charge in [0.1, 0.15) is 5.75 Å². The van der Waals surface area contributed by atoms with E-state index in [1.54, 1.807) is 23.3 Å². The number of ether oxygens (including phenoxy) is 1. The molecule has 3 aliphatic carbocycles. The molecule has 2 amide bonds. The number of ketones is 1. The Bertz CT molecular complexity index is 2180. The zero-order valence-corrected chi connectivity index (χ0v) is 34.1. The molecule has 57 heavy (non-hydrogen) atoms. The maximum Gasteiger partial charge on any atom is 0.321 e. The van der Waals surface area contributed by atoms with Gasteiger partial charge in [-0.05, 0) is 128 Å². The van der Waals surface area contributed by atoms with E-state index in [-0.39, 0.29) is 24.3 Å². The first kappa shape index (κ1) is 40.2. The largest absolute Gasteiger partial charge is 0.497 e. The van der Waals surface area contributed by atoms with E-state index in [2.05, 4.69) is 43.4 Å². The summed E-state index contributed by atoms with van der Waals surface area (Å²) in [6.07, 6.45) is 6.71. The molecule has 1 heterocycles. The van der Waals surface area contributed by atoms with Gasteiger partial charge in [0, 0.05) is 33.7 Å². The second kappa shape index (κ2) is 17.6. The standard InChI is InChI=1S/C49H54N2O5S/c1-34-11-9-27-48(2)45(25-28-49(48,55)33-51(29-26-40-14-10-30-57-40)47(54)50-37-19-22-39(56-3)23-20-37)42-24-18-35(31-38(52)21-17-34)32-44(42)46(53)43-16-8-7-15-41(43)36-12-5-4-6-13-36/h4-8,10-16,18-20,22-24,30,32,38,45,52,55H,9,17,21,25-29,31,33H2,1-3H3,(H,50,54)/t38-,45-,48-,49+/m0/s1. The molecular formula is C49H54N2O5S. The van der Waals surface area contributed by atoms with E-state index >= 15 is 4.79 Å². The lowest BCUT2D eigenvalue weighted by Crippen LogP contribution is -2.54. The second-order valence-corrected chi connectivity index (χ2v) is 17.1. The van der Waals surface area contributed by atoms with E-state index < -0.39 is 17.1 Å². The minimum absolute atomic E-state index is 0.0714. The predicted molar refractivity (Wildman–Crippen MR) is 230 cm³/mol. The summed E-state index contributed by atoms with van der Waals surface area (Å²) in [5, 5.41) is 29.4. The van der Waals surface area contributed by atoms with Gasteiger partial charge in [0.2, 0.25) is 0 Å². The lowest BCUT2D eigenvalue weighted by atomic mass is 9.64. The first-order valence-corrected chi connectivity index (χ1v) is 21.1. The van der Waals surface area contributed by atoms with Gasteiger partial charge in [-0.15, -0.1) is 11.3 Å². The van der Waals surface area contributed by atoms with Crippen LogP contribution in [0.25, 0.3) is 11.1 Å². The number of benzene rings is 4. The monoisotopic (exact) mass is 782 g/mol. The van der Waals surface area contributed by atoms with Gasteiger partial charge in [0.25, 0.3) is 0 Å². The third kappa shape index (κ3) is 8.94. The summed E-state index contributed by atoms with van der Waals surface area (Å²) >= 11 is 1.66. The molecule has 1 saturated carbocycles. The molecule has 296 valence electrons. The lowest BCUT2D eigenvalue weighted by Gasteiger charge is -2.46. The Morgan fingerprint density at radius 3 is 2.44 bits per heavy atom. The summed E-state index contributed by atoms with van der Waals surface area (Å²) in [5.41, 5.74) is 4.77. The Balaban J connectivity index is 1.29. The van der Waals surface area contributed by atoms with E-state index in [0.717, 1.165) is 35.1 Å². The molecule has 3 N–H and O–H groups in total. The molecule has 0 saturated heterocycles. The minimum atomic E-state index is -1.26. The quantitative estimate of drug-likeness (QED) is 0.0968. The number of hydrogen-bond donors (Lipinski definition) is 3. The minimum Gasteiger partial charge on any atom is -0.497 e. The highest BCUT2D eigenvalue weighted by molar-refractivity contribution is 7.09. The average molecular weight is 783 g/mol. The highest BCUT2D eigenvalue weighted by Crippen LogP contribution is 2.59. The van der Waals surface area contributed by atoms with Crippen LogP contribution in [0.1, 0.15) is 90.2 Å². The predicted octanol–water partition coefficient (Wildman–Crippen LogP) is 10.5. The van der Waals surface area contributed by atoms with Crippen molar-refractivity contribution in [3.63, 3.8) is 0 Å². The zero-order valence-electron chi connectivity index (χ0n) is 33.2. The summed E-state index contributed by atoms with van der Waals surface area (Å²) < 4.78 is 5.33. The number of hydrogen-bond acceptors (Lipinski definition) is 6. The topological polar surface area (TPSA) is 99.1 Å². The van der Waals surface area contributed by atoms with Crippen molar-refractivity contribution >= 4 is 28.8 Å². The number of anilines is 1. The molecule has 3 aliphatic rings. The Morgan fingerprint density at radius 1 is 0.912 bits per heavy atom. The summed E-state index contributed by atoms with van der Waals surface area (Å²) in [5.74, 6) is 0.452. The first-order valence-electron chi connectivity index (χ1n) is 20.2. The molecule has 4 aromatic carbocycles. The number of allylic oxidation sites excluding steroid dienone is 2. The van der Waals surface area contributed by atoms with Crippen molar-refractivity contribution in [2.45, 2.75) is 82.8 Å². The molecule has 0 unspecified atom stereocenters. The Hall–Kier alpha value is -5.02. The van der Waals surface area contributed by atoms with Crippen LogP contribution in [0, 0.1) is 5.41 Å². The van der Waals surface area contributed by atoms with Gasteiger partial charge in [-0.3, -0.25) is 4.79 Å². The molecule has 4 atom stereocenters. The van der Waals surface area contributed by atoms with E-state index in [9.17, 15) is 15.0 Å². The van der Waals surface area contributed by atoms with Crippen molar-refractivity contribution in [2.24, 2.45) is 5.41 Å². The molecule has 0 aliphatic heterocycles. The smallest absolute Gasteiger partial charge is 0.321 e. The Kier molecular flexibility index (Phi) is 12.4. The Labute approximate surface area is 341 Å². The number of aliphatic hydroxyl groups excluding tert-OH is 1. The van der Waals surface area contributed by atoms with Crippen LogP contribution in [0.3, 0.4) is 0 Å². The van der Waals surface area contributed by atoms with Gasteiger partial charge in [-0.25, -0.2) is 4.79 Å². The number of fused-ring (bicyclic) bond motifs is 8. The second-order valence-electron chi connectivity index (χ2n) is 16.1. The molecule has 2 bridgehead atoms. The van der Waals surface area contributed by atoms with Crippen molar-refractivity contribution in [2.75, 3.05) is 25.5 Å². The molecule has 0 spiro atoms. The van der Waals surface area contributed by atoms with Crippen LogP contribution in [0.15, 0.2) is 126 Å². The SMILES string of the molecule is COc1ccc(NC(=O)N(CCc2cccs2)C[C@]2(O)CC[C@H]3c4ccc(cc4C(=O)c4ccccc4-c4ccccc4)C[C@@H](O)CCC(C)=CCC[C@@]32C)cc1. The number of aliphatic hydroxyl groups is 2. The number of methoxy groups -OCH3 is 1. The number of urea groups is 1. The third-order valence-electron chi connectivity index (χ3n) is 12.5. The van der Waals surface area contributed by atoms with Crippen LogP contribution in [-0.4, -0.2) is 58.8 Å². The molecular weight excluding hydrogens is 729 g/mol. The van der Waals surface area contributed by atoms with Crippen molar-refractivity contribution in [3.8, 4) is 16.9 Å². The van der Waals surface area contributed by atoms with Gasteiger partial charge in [0.15, 0.2) is 5.78 Å². The highest BCUT2D eigenvalue weighted by Gasteiger charge is 2.57. The molecule has 8 rings (SSSR count). The number of rotatable bonds is 10. The normalized spacial score (nSPS) is 22.2. The fraction of sp³-hybridized carbons (Fsp3) is 0.347. The van der Waals surface area contributed by atoms with E-state index in [0.29, 0.717) is 67.6 Å².